The molecule has 2 aromatic carbocycles. The highest BCUT2D eigenvalue weighted by Gasteiger charge is 2.33. The number of carbonyl (C=O) groups excluding carboxylic acids is 2. The first-order valence-corrected chi connectivity index (χ1v) is 10.6. The highest BCUT2D eigenvalue weighted by molar-refractivity contribution is 9.10. The molecule has 1 heterocycles. The van der Waals surface area contributed by atoms with Crippen molar-refractivity contribution in [2.24, 2.45) is 0 Å². The average molecular weight is 480 g/mol. The molecule has 152 valence electrons. The van der Waals surface area contributed by atoms with E-state index in [4.69, 9.17) is 9.47 Å². The maximum absolute atomic E-state index is 13.4. The molecular formula is C21H19BrFNO4S. The maximum atomic E-state index is 13.4. The first kappa shape index (κ1) is 21.4. The lowest BCUT2D eigenvalue weighted by molar-refractivity contribution is -0.122. The van der Waals surface area contributed by atoms with Crippen LogP contribution in [0.25, 0.3) is 6.08 Å². The SMILES string of the molecule is CCOc1cc(/C=C2/SC(=O)N(CC)C2=O)cc(Br)c1OCc1cccc(F)c1. The molecule has 1 saturated heterocycles. The molecule has 2 aromatic rings. The zero-order valence-corrected chi connectivity index (χ0v) is 18.3. The summed E-state index contributed by atoms with van der Waals surface area (Å²) in [7, 11) is 0. The highest BCUT2D eigenvalue weighted by atomic mass is 79.9. The van der Waals surface area contributed by atoms with E-state index in [1.807, 2.05) is 6.92 Å². The number of amides is 2. The van der Waals surface area contributed by atoms with Gasteiger partial charge in [0, 0.05) is 6.54 Å². The van der Waals surface area contributed by atoms with Crippen molar-refractivity contribution < 1.29 is 23.5 Å². The van der Waals surface area contributed by atoms with E-state index in [1.54, 1.807) is 37.3 Å². The normalized spacial score (nSPS) is 15.3. The Morgan fingerprint density at radius 3 is 2.62 bits per heavy atom. The molecule has 0 radical (unpaired) electrons. The first-order valence-electron chi connectivity index (χ1n) is 9.01. The van der Waals surface area contributed by atoms with Gasteiger partial charge < -0.3 is 9.47 Å². The Bertz CT molecular complexity index is 979. The molecule has 3 rings (SSSR count). The lowest BCUT2D eigenvalue weighted by atomic mass is 10.1. The Morgan fingerprint density at radius 1 is 1.17 bits per heavy atom. The van der Waals surface area contributed by atoms with Crippen molar-refractivity contribution >= 4 is 44.9 Å². The predicted octanol–water partition coefficient (Wildman–Crippen LogP) is 5.62. The number of hydrogen-bond acceptors (Lipinski definition) is 5. The van der Waals surface area contributed by atoms with E-state index >= 15 is 0 Å². The third kappa shape index (κ3) is 5.00. The lowest BCUT2D eigenvalue weighted by Crippen LogP contribution is -2.27. The molecule has 0 atom stereocenters. The van der Waals surface area contributed by atoms with Crippen molar-refractivity contribution in [3.05, 3.63) is 62.7 Å². The number of rotatable bonds is 7. The van der Waals surface area contributed by atoms with E-state index in [9.17, 15) is 14.0 Å². The van der Waals surface area contributed by atoms with Gasteiger partial charge in [-0.05, 0) is 83.0 Å². The number of ether oxygens (including phenoxy) is 2. The minimum Gasteiger partial charge on any atom is -0.490 e. The van der Waals surface area contributed by atoms with Gasteiger partial charge in [0.15, 0.2) is 11.5 Å². The van der Waals surface area contributed by atoms with Crippen molar-refractivity contribution in [3.63, 3.8) is 0 Å². The van der Waals surface area contributed by atoms with E-state index in [0.717, 1.165) is 11.8 Å². The molecule has 0 bridgehead atoms. The Labute approximate surface area is 181 Å². The molecular weight excluding hydrogens is 461 g/mol. The number of halogens is 2. The van der Waals surface area contributed by atoms with Crippen molar-refractivity contribution in [2.45, 2.75) is 20.5 Å². The predicted molar refractivity (Wildman–Crippen MR) is 114 cm³/mol. The molecule has 2 amide bonds. The van der Waals surface area contributed by atoms with Crippen LogP contribution in [-0.4, -0.2) is 29.2 Å². The third-order valence-electron chi connectivity index (χ3n) is 4.09. The average Bonchev–Trinajstić information content (AvgIpc) is 2.94. The van der Waals surface area contributed by atoms with Crippen LogP contribution in [0.4, 0.5) is 9.18 Å². The fourth-order valence-electron chi connectivity index (χ4n) is 2.78. The molecule has 1 aliphatic heterocycles. The van der Waals surface area contributed by atoms with E-state index in [1.165, 1.54) is 17.0 Å². The highest BCUT2D eigenvalue weighted by Crippen LogP contribution is 2.39. The summed E-state index contributed by atoms with van der Waals surface area (Å²) in [4.78, 5) is 25.8. The Morgan fingerprint density at radius 2 is 1.97 bits per heavy atom. The summed E-state index contributed by atoms with van der Waals surface area (Å²) in [5.74, 6) is 0.337. The zero-order chi connectivity index (χ0) is 21.0. The van der Waals surface area contributed by atoms with Gasteiger partial charge in [0.1, 0.15) is 12.4 Å². The standard InChI is InChI=1S/C21H19BrFNO4S/c1-3-24-20(25)18(29-21(24)26)11-14-9-16(22)19(17(10-14)27-4-2)28-12-13-6-5-7-15(23)8-13/h5-11H,3-4,12H2,1-2H3/b18-11+. The lowest BCUT2D eigenvalue weighted by Gasteiger charge is -2.15. The molecule has 5 nitrogen and oxygen atoms in total. The summed E-state index contributed by atoms with van der Waals surface area (Å²) in [6, 6.07) is 9.71. The van der Waals surface area contributed by atoms with Crippen molar-refractivity contribution in [1.29, 1.82) is 0 Å². The second-order valence-corrected chi connectivity index (χ2v) is 7.96. The summed E-state index contributed by atoms with van der Waals surface area (Å²) in [5, 5.41) is -0.275. The van der Waals surface area contributed by atoms with E-state index in [0.29, 0.717) is 45.2 Å². The van der Waals surface area contributed by atoms with Crippen molar-refractivity contribution in [3.8, 4) is 11.5 Å². The topological polar surface area (TPSA) is 55.8 Å². The van der Waals surface area contributed by atoms with Crippen LogP contribution in [0.5, 0.6) is 11.5 Å². The number of benzene rings is 2. The van der Waals surface area contributed by atoms with E-state index in [-0.39, 0.29) is 23.6 Å². The van der Waals surface area contributed by atoms with Gasteiger partial charge in [0.2, 0.25) is 0 Å². The number of likely N-dealkylation sites (N-methyl/N-ethyl adjacent to an activating group) is 1. The van der Waals surface area contributed by atoms with Crippen LogP contribution >= 0.6 is 27.7 Å². The quantitative estimate of drug-likeness (QED) is 0.482. The molecule has 1 aliphatic rings. The van der Waals surface area contributed by atoms with E-state index < -0.39 is 0 Å². The molecule has 0 unspecified atom stereocenters. The molecule has 1 fully saturated rings. The Hall–Kier alpha value is -2.32. The summed E-state index contributed by atoms with van der Waals surface area (Å²) >= 11 is 4.40. The third-order valence-corrected chi connectivity index (χ3v) is 5.59. The minimum atomic E-state index is -0.327. The van der Waals surface area contributed by atoms with Gasteiger partial charge in [-0.15, -0.1) is 0 Å². The van der Waals surface area contributed by atoms with Gasteiger partial charge >= 0.3 is 0 Å². The second-order valence-electron chi connectivity index (χ2n) is 6.11. The van der Waals surface area contributed by atoms with Crippen LogP contribution in [0, 0.1) is 5.82 Å². The molecule has 0 spiro atoms. The molecule has 8 heteroatoms. The second kappa shape index (κ2) is 9.45. The number of imide groups is 1. The maximum Gasteiger partial charge on any atom is 0.293 e. The smallest absolute Gasteiger partial charge is 0.293 e. The summed E-state index contributed by atoms with van der Waals surface area (Å²) < 4.78 is 25.6. The summed E-state index contributed by atoms with van der Waals surface area (Å²) in [6.45, 7) is 4.53. The molecule has 0 saturated carbocycles. The van der Waals surface area contributed by atoms with Gasteiger partial charge in [-0.25, -0.2) is 4.39 Å². The van der Waals surface area contributed by atoms with Gasteiger partial charge in [-0.3, -0.25) is 14.5 Å². The van der Waals surface area contributed by atoms with Crippen LogP contribution in [0.3, 0.4) is 0 Å². The summed E-state index contributed by atoms with van der Waals surface area (Å²) in [6.07, 6.45) is 1.66. The summed E-state index contributed by atoms with van der Waals surface area (Å²) in [5.41, 5.74) is 1.39. The van der Waals surface area contributed by atoms with Gasteiger partial charge in [0.25, 0.3) is 11.1 Å². The van der Waals surface area contributed by atoms with Crippen molar-refractivity contribution in [2.75, 3.05) is 13.2 Å². The Kier molecular flexibility index (Phi) is 6.97. The minimum absolute atomic E-state index is 0.172. The number of hydrogen-bond donors (Lipinski definition) is 0. The van der Waals surface area contributed by atoms with Crippen LogP contribution in [0.2, 0.25) is 0 Å². The molecule has 0 aromatic heterocycles. The number of nitrogens with zero attached hydrogens (tertiary/aromatic N) is 1. The van der Waals surface area contributed by atoms with E-state index in [2.05, 4.69) is 15.9 Å². The zero-order valence-electron chi connectivity index (χ0n) is 15.9. The largest absolute Gasteiger partial charge is 0.490 e. The Balaban J connectivity index is 1.87. The van der Waals surface area contributed by atoms with Crippen LogP contribution in [-0.2, 0) is 11.4 Å². The van der Waals surface area contributed by atoms with Crippen LogP contribution < -0.4 is 9.47 Å². The first-order chi connectivity index (χ1) is 13.9. The fourth-order valence-corrected chi connectivity index (χ4v) is 4.26. The van der Waals surface area contributed by atoms with Crippen molar-refractivity contribution in [1.82, 2.24) is 4.90 Å². The fraction of sp³-hybridized carbons (Fsp3) is 0.238. The molecule has 0 N–H and O–H groups in total. The molecule has 29 heavy (non-hydrogen) atoms. The monoisotopic (exact) mass is 479 g/mol. The van der Waals surface area contributed by atoms with Gasteiger partial charge in [0.05, 0.1) is 16.0 Å². The van der Waals surface area contributed by atoms with Crippen LogP contribution in [0.1, 0.15) is 25.0 Å². The number of thioether (sulfide) groups is 1. The molecule has 0 aliphatic carbocycles. The number of carbonyl (C=O) groups is 2. The van der Waals surface area contributed by atoms with Crippen LogP contribution in [0.15, 0.2) is 45.8 Å². The van der Waals surface area contributed by atoms with Gasteiger partial charge in [-0.1, -0.05) is 12.1 Å². The van der Waals surface area contributed by atoms with Gasteiger partial charge in [-0.2, -0.15) is 0 Å².